The number of fused-ring (bicyclic) bond motifs is 2. The van der Waals surface area contributed by atoms with Crippen molar-refractivity contribution in [2.45, 2.75) is 46.1 Å². The van der Waals surface area contributed by atoms with E-state index in [0.29, 0.717) is 5.41 Å². The minimum Gasteiger partial charge on any atom is -1.00 e. The van der Waals surface area contributed by atoms with Crippen molar-refractivity contribution in [1.82, 2.24) is 0 Å². The number of hydrogen-bond acceptors (Lipinski definition) is 1. The van der Waals surface area contributed by atoms with Crippen LogP contribution in [0.5, 0.6) is 0 Å². The average molecular weight is 162 g/mol. The molecular formula is C10H19LiO. The van der Waals surface area contributed by atoms with E-state index in [2.05, 4.69) is 20.8 Å². The predicted octanol–water partition coefficient (Wildman–Crippen LogP) is -0.690. The molecule has 2 rings (SSSR count). The van der Waals surface area contributed by atoms with Gasteiger partial charge in [-0.15, -0.1) is 0 Å². The first-order valence-electron chi connectivity index (χ1n) is 4.66. The zero-order valence-corrected chi connectivity index (χ0v) is 8.72. The Morgan fingerprint density at radius 3 is 2.08 bits per heavy atom. The molecule has 2 heteroatoms. The van der Waals surface area contributed by atoms with E-state index in [4.69, 9.17) is 0 Å². The van der Waals surface area contributed by atoms with Crippen molar-refractivity contribution in [3.05, 3.63) is 0 Å². The molecule has 0 saturated heterocycles. The van der Waals surface area contributed by atoms with Gasteiger partial charge in [-0.2, -0.15) is 0 Å². The zero-order chi connectivity index (χ0) is 8.28. The molecule has 0 aliphatic heterocycles. The van der Waals surface area contributed by atoms with E-state index in [1.807, 2.05) is 0 Å². The molecule has 2 saturated carbocycles. The van der Waals surface area contributed by atoms with E-state index in [-0.39, 0.29) is 31.8 Å². The summed E-state index contributed by atoms with van der Waals surface area (Å²) in [6.07, 6.45) is 3.58. The monoisotopic (exact) mass is 162 g/mol. The Morgan fingerprint density at radius 2 is 1.92 bits per heavy atom. The van der Waals surface area contributed by atoms with Gasteiger partial charge >= 0.3 is 18.9 Å². The second-order valence-corrected chi connectivity index (χ2v) is 5.13. The van der Waals surface area contributed by atoms with Gasteiger partial charge in [-0.1, -0.05) is 20.8 Å². The summed E-state index contributed by atoms with van der Waals surface area (Å²) in [5, 5.41) is 9.81. The molecule has 0 unspecified atom stereocenters. The second kappa shape index (κ2) is 2.77. The number of hydrogen-bond donors (Lipinski definition) is 1. The van der Waals surface area contributed by atoms with Gasteiger partial charge in [0.25, 0.3) is 0 Å². The Hall–Kier alpha value is 0.557. The van der Waals surface area contributed by atoms with Crippen molar-refractivity contribution >= 4 is 0 Å². The van der Waals surface area contributed by atoms with Gasteiger partial charge in [0.1, 0.15) is 0 Å². The first-order chi connectivity index (χ1) is 4.98. The average Bonchev–Trinajstić information content (AvgIpc) is 2.20. The Morgan fingerprint density at radius 1 is 1.33 bits per heavy atom. The van der Waals surface area contributed by atoms with Crippen molar-refractivity contribution < 1.29 is 25.4 Å². The molecule has 0 amide bonds. The van der Waals surface area contributed by atoms with Crippen LogP contribution in [0.3, 0.4) is 0 Å². The molecule has 0 aromatic heterocycles. The Kier molecular flexibility index (Phi) is 2.46. The molecule has 2 aliphatic rings. The molecule has 0 spiro atoms. The summed E-state index contributed by atoms with van der Waals surface area (Å²) in [4.78, 5) is 0. The molecule has 0 aromatic carbocycles. The normalized spacial score (nSPS) is 49.0. The van der Waals surface area contributed by atoms with E-state index >= 15 is 0 Å². The van der Waals surface area contributed by atoms with Crippen molar-refractivity contribution in [2.75, 3.05) is 0 Å². The van der Waals surface area contributed by atoms with Gasteiger partial charge in [0.05, 0.1) is 6.10 Å². The third-order valence-electron chi connectivity index (χ3n) is 4.75. The number of rotatable bonds is 0. The van der Waals surface area contributed by atoms with E-state index < -0.39 is 0 Å². The topological polar surface area (TPSA) is 20.2 Å². The van der Waals surface area contributed by atoms with E-state index in [1.54, 1.807) is 0 Å². The quantitative estimate of drug-likeness (QED) is 0.467. The maximum absolute atomic E-state index is 9.81. The standard InChI is InChI=1S/C10H18O.Li.H/c1-9(2)7-4-5-10(9,3)8(11)6-7;;/h7-8,11H,4-6H2,1-3H3;;/q;+1;-1/t7-,8+,10-;;/m1../s1. The van der Waals surface area contributed by atoms with Gasteiger partial charge < -0.3 is 6.53 Å². The Labute approximate surface area is 88.6 Å². The van der Waals surface area contributed by atoms with Crippen LogP contribution in [0.4, 0.5) is 0 Å². The summed E-state index contributed by atoms with van der Waals surface area (Å²) >= 11 is 0. The van der Waals surface area contributed by atoms with Gasteiger partial charge in [-0.3, -0.25) is 0 Å². The van der Waals surface area contributed by atoms with Crippen LogP contribution in [-0.2, 0) is 0 Å². The number of aliphatic hydroxyl groups excluding tert-OH is 1. The molecule has 2 fully saturated rings. The van der Waals surface area contributed by atoms with Crippen molar-refractivity contribution in [3.63, 3.8) is 0 Å². The number of aliphatic hydroxyl groups is 1. The summed E-state index contributed by atoms with van der Waals surface area (Å²) in [7, 11) is 0. The molecule has 1 N–H and O–H groups in total. The van der Waals surface area contributed by atoms with Crippen LogP contribution in [0.2, 0.25) is 0 Å². The van der Waals surface area contributed by atoms with Crippen molar-refractivity contribution in [2.24, 2.45) is 16.7 Å². The minimum atomic E-state index is -0.0313. The largest absolute Gasteiger partial charge is 1.00 e. The smallest absolute Gasteiger partial charge is 1.00 e. The maximum atomic E-state index is 9.81. The molecule has 0 heterocycles. The molecule has 0 radical (unpaired) electrons. The molecule has 12 heavy (non-hydrogen) atoms. The fourth-order valence-electron chi connectivity index (χ4n) is 3.16. The second-order valence-electron chi connectivity index (χ2n) is 5.13. The summed E-state index contributed by atoms with van der Waals surface area (Å²) in [6, 6.07) is 0. The van der Waals surface area contributed by atoms with Crippen LogP contribution in [0, 0.1) is 16.7 Å². The molecule has 1 nitrogen and oxygen atoms in total. The molecule has 0 aromatic rings. The van der Waals surface area contributed by atoms with E-state index in [9.17, 15) is 5.11 Å². The van der Waals surface area contributed by atoms with E-state index in [1.165, 1.54) is 12.8 Å². The summed E-state index contributed by atoms with van der Waals surface area (Å²) in [5.74, 6) is 0.780. The van der Waals surface area contributed by atoms with Crippen LogP contribution in [0.1, 0.15) is 41.5 Å². The van der Waals surface area contributed by atoms with Gasteiger partial charge in [0.2, 0.25) is 0 Å². The molecule has 3 atom stereocenters. The molecular weight excluding hydrogens is 143 g/mol. The fourth-order valence-corrected chi connectivity index (χ4v) is 3.16. The van der Waals surface area contributed by atoms with Gasteiger partial charge in [-0.05, 0) is 36.0 Å². The maximum Gasteiger partial charge on any atom is 1.00 e. The van der Waals surface area contributed by atoms with Crippen LogP contribution >= 0.6 is 0 Å². The fraction of sp³-hybridized carbons (Fsp3) is 1.00. The Bertz CT molecular complexity index is 195. The van der Waals surface area contributed by atoms with Crippen LogP contribution in [0.25, 0.3) is 0 Å². The summed E-state index contributed by atoms with van der Waals surface area (Å²) in [6.45, 7) is 6.90. The van der Waals surface area contributed by atoms with Crippen LogP contribution in [-0.4, -0.2) is 11.2 Å². The van der Waals surface area contributed by atoms with Gasteiger partial charge in [-0.25, -0.2) is 0 Å². The SMILES string of the molecule is CC1(C)[C@@H]2CC[C@]1(C)[C@@H](O)C2.[H-].[Li+]. The zero-order valence-electron chi connectivity index (χ0n) is 9.72. The molecule has 2 bridgehead atoms. The summed E-state index contributed by atoms with van der Waals surface area (Å²) < 4.78 is 0. The summed E-state index contributed by atoms with van der Waals surface area (Å²) in [5.41, 5.74) is 0.601. The van der Waals surface area contributed by atoms with Crippen LogP contribution < -0.4 is 18.9 Å². The first kappa shape index (κ1) is 10.6. The first-order valence-corrected chi connectivity index (χ1v) is 4.66. The Balaban J connectivity index is 0.000000720. The third-order valence-corrected chi connectivity index (χ3v) is 4.75. The molecule has 66 valence electrons. The van der Waals surface area contributed by atoms with E-state index in [0.717, 1.165) is 12.3 Å². The predicted molar refractivity (Wildman–Crippen MR) is 46.3 cm³/mol. The third kappa shape index (κ3) is 0.968. The van der Waals surface area contributed by atoms with Gasteiger partial charge in [0.15, 0.2) is 0 Å². The van der Waals surface area contributed by atoms with Gasteiger partial charge in [0, 0.05) is 0 Å². The minimum absolute atomic E-state index is 0. The van der Waals surface area contributed by atoms with Crippen molar-refractivity contribution in [3.8, 4) is 0 Å². The van der Waals surface area contributed by atoms with Crippen LogP contribution in [0.15, 0.2) is 0 Å². The molecule has 2 aliphatic carbocycles. The van der Waals surface area contributed by atoms with Crippen molar-refractivity contribution in [1.29, 1.82) is 0 Å².